The maximum atomic E-state index is 12.7. The van der Waals surface area contributed by atoms with E-state index in [1.807, 2.05) is 42.5 Å². The van der Waals surface area contributed by atoms with E-state index in [1.54, 1.807) is 17.3 Å². The standard InChI is InChI=1S/C17H16N2O2S/c20-9-8-19(12-13-4-3-7-18-11-13)17(21)16-10-14-5-1-2-6-15(14)22-16/h1-7,10-11,20H,8-9,12H2. The second kappa shape index (κ2) is 6.68. The Morgan fingerprint density at radius 1 is 1.23 bits per heavy atom. The number of amides is 1. The van der Waals surface area contributed by atoms with Gasteiger partial charge in [-0.25, -0.2) is 0 Å². The van der Waals surface area contributed by atoms with Crippen LogP contribution in [0.15, 0.2) is 54.9 Å². The normalized spacial score (nSPS) is 10.8. The zero-order valence-electron chi connectivity index (χ0n) is 12.0. The number of benzene rings is 1. The molecule has 0 spiro atoms. The molecular formula is C17H16N2O2S. The third-order valence-corrected chi connectivity index (χ3v) is 4.49. The van der Waals surface area contributed by atoms with E-state index in [0.717, 1.165) is 15.6 Å². The van der Waals surface area contributed by atoms with E-state index < -0.39 is 0 Å². The van der Waals surface area contributed by atoms with Crippen molar-refractivity contribution in [3.05, 3.63) is 65.3 Å². The minimum Gasteiger partial charge on any atom is -0.395 e. The molecule has 5 heteroatoms. The number of nitrogens with zero attached hydrogens (tertiary/aromatic N) is 2. The molecule has 1 amide bonds. The molecular weight excluding hydrogens is 296 g/mol. The summed E-state index contributed by atoms with van der Waals surface area (Å²) in [6.45, 7) is 0.695. The zero-order valence-corrected chi connectivity index (χ0v) is 12.8. The number of rotatable bonds is 5. The highest BCUT2D eigenvalue weighted by atomic mass is 32.1. The zero-order chi connectivity index (χ0) is 15.4. The number of pyridine rings is 1. The molecule has 0 saturated heterocycles. The van der Waals surface area contributed by atoms with Crippen molar-refractivity contribution in [2.24, 2.45) is 0 Å². The summed E-state index contributed by atoms with van der Waals surface area (Å²) in [4.78, 5) is 19.1. The Hall–Kier alpha value is -2.24. The van der Waals surface area contributed by atoms with E-state index in [1.165, 1.54) is 11.3 Å². The number of carbonyl (C=O) groups is 1. The summed E-state index contributed by atoms with van der Waals surface area (Å²) in [5, 5.41) is 10.3. The molecule has 2 heterocycles. The number of aliphatic hydroxyl groups excluding tert-OH is 1. The van der Waals surface area contributed by atoms with Crippen molar-refractivity contribution >= 4 is 27.3 Å². The molecule has 0 radical (unpaired) electrons. The minimum absolute atomic E-state index is 0.0564. The topological polar surface area (TPSA) is 53.4 Å². The first-order valence-electron chi connectivity index (χ1n) is 7.05. The maximum Gasteiger partial charge on any atom is 0.264 e. The van der Waals surface area contributed by atoms with Gasteiger partial charge in [0.2, 0.25) is 0 Å². The first kappa shape index (κ1) is 14.7. The lowest BCUT2D eigenvalue weighted by molar-refractivity contribution is 0.0712. The van der Waals surface area contributed by atoms with Gasteiger partial charge in [-0.15, -0.1) is 11.3 Å². The fourth-order valence-corrected chi connectivity index (χ4v) is 3.36. The number of fused-ring (bicyclic) bond motifs is 1. The van der Waals surface area contributed by atoms with Crippen LogP contribution in [0.5, 0.6) is 0 Å². The van der Waals surface area contributed by atoms with Crippen LogP contribution in [0.1, 0.15) is 15.2 Å². The van der Waals surface area contributed by atoms with Crippen LogP contribution in [0.2, 0.25) is 0 Å². The molecule has 2 aromatic heterocycles. The van der Waals surface area contributed by atoms with E-state index in [4.69, 9.17) is 0 Å². The van der Waals surface area contributed by atoms with Gasteiger partial charge >= 0.3 is 0 Å². The fourth-order valence-electron chi connectivity index (χ4n) is 2.33. The van der Waals surface area contributed by atoms with E-state index in [-0.39, 0.29) is 12.5 Å². The highest BCUT2D eigenvalue weighted by Gasteiger charge is 2.18. The van der Waals surface area contributed by atoms with Gasteiger partial charge in [0.05, 0.1) is 11.5 Å². The summed E-state index contributed by atoms with van der Waals surface area (Å²) < 4.78 is 1.09. The second-order valence-electron chi connectivity index (χ2n) is 4.96. The third-order valence-electron chi connectivity index (χ3n) is 3.39. The number of carbonyl (C=O) groups excluding carboxylic acids is 1. The molecule has 112 valence electrons. The third kappa shape index (κ3) is 3.16. The van der Waals surface area contributed by atoms with E-state index in [2.05, 4.69) is 4.98 Å². The van der Waals surface area contributed by atoms with Crippen LogP contribution in [0.3, 0.4) is 0 Å². The van der Waals surface area contributed by atoms with Crippen molar-refractivity contribution in [3.63, 3.8) is 0 Å². The average molecular weight is 312 g/mol. The quantitative estimate of drug-likeness (QED) is 0.788. The average Bonchev–Trinajstić information content (AvgIpc) is 2.99. The van der Waals surface area contributed by atoms with Crippen LogP contribution in [0.25, 0.3) is 10.1 Å². The lowest BCUT2D eigenvalue weighted by Gasteiger charge is -2.21. The maximum absolute atomic E-state index is 12.7. The number of aromatic nitrogens is 1. The number of hydrogen-bond acceptors (Lipinski definition) is 4. The summed E-state index contributed by atoms with van der Waals surface area (Å²) >= 11 is 1.48. The molecule has 0 fully saturated rings. The predicted molar refractivity (Wildman–Crippen MR) is 87.9 cm³/mol. The Kier molecular flexibility index (Phi) is 4.46. The van der Waals surface area contributed by atoms with Gasteiger partial charge in [-0.2, -0.15) is 0 Å². The van der Waals surface area contributed by atoms with Crippen LogP contribution in [-0.2, 0) is 6.54 Å². The second-order valence-corrected chi connectivity index (χ2v) is 6.04. The Balaban J connectivity index is 1.85. The molecule has 3 aromatic rings. The first-order chi connectivity index (χ1) is 10.8. The predicted octanol–water partition coefficient (Wildman–Crippen LogP) is 2.93. The molecule has 4 nitrogen and oxygen atoms in total. The van der Waals surface area contributed by atoms with Gasteiger partial charge in [-0.3, -0.25) is 9.78 Å². The molecule has 0 aliphatic heterocycles. The van der Waals surface area contributed by atoms with E-state index in [0.29, 0.717) is 18.0 Å². The van der Waals surface area contributed by atoms with Crippen LogP contribution in [0.4, 0.5) is 0 Å². The molecule has 0 aliphatic carbocycles. The highest BCUT2D eigenvalue weighted by molar-refractivity contribution is 7.20. The van der Waals surface area contributed by atoms with Crippen molar-refractivity contribution in [1.82, 2.24) is 9.88 Å². The molecule has 1 aromatic carbocycles. The largest absolute Gasteiger partial charge is 0.395 e. The molecule has 0 bridgehead atoms. The molecule has 0 aliphatic rings. The Labute approximate surface area is 132 Å². The molecule has 0 unspecified atom stereocenters. The van der Waals surface area contributed by atoms with Crippen molar-refractivity contribution in [2.75, 3.05) is 13.2 Å². The van der Waals surface area contributed by atoms with Gasteiger partial charge in [0.15, 0.2) is 0 Å². The summed E-state index contributed by atoms with van der Waals surface area (Å²) in [5.41, 5.74) is 0.949. The van der Waals surface area contributed by atoms with Crippen LogP contribution in [0, 0.1) is 0 Å². The first-order valence-corrected chi connectivity index (χ1v) is 7.87. The summed E-state index contributed by atoms with van der Waals surface area (Å²) in [6.07, 6.45) is 3.44. The SMILES string of the molecule is O=C(c1cc2ccccc2s1)N(CCO)Cc1cccnc1. The molecule has 1 N–H and O–H groups in total. The molecule has 22 heavy (non-hydrogen) atoms. The number of hydrogen-bond donors (Lipinski definition) is 1. The van der Waals surface area contributed by atoms with Crippen LogP contribution in [-0.4, -0.2) is 34.0 Å². The summed E-state index contributed by atoms with van der Waals surface area (Å²) in [6, 6.07) is 13.6. The Morgan fingerprint density at radius 2 is 2.09 bits per heavy atom. The van der Waals surface area contributed by atoms with Gasteiger partial charge in [-0.1, -0.05) is 24.3 Å². The van der Waals surface area contributed by atoms with E-state index >= 15 is 0 Å². The summed E-state index contributed by atoms with van der Waals surface area (Å²) in [7, 11) is 0. The smallest absolute Gasteiger partial charge is 0.264 e. The lowest BCUT2D eigenvalue weighted by atomic mass is 10.2. The molecule has 0 saturated carbocycles. The van der Waals surface area contributed by atoms with Gasteiger partial charge in [0.1, 0.15) is 0 Å². The summed E-state index contributed by atoms with van der Waals surface area (Å²) in [5.74, 6) is -0.0564. The van der Waals surface area contributed by atoms with Crippen molar-refractivity contribution in [1.29, 1.82) is 0 Å². The molecule has 0 atom stereocenters. The number of aliphatic hydroxyl groups is 1. The van der Waals surface area contributed by atoms with Gasteiger partial charge in [0.25, 0.3) is 5.91 Å². The molecule has 3 rings (SSSR count). The van der Waals surface area contributed by atoms with Crippen LogP contribution < -0.4 is 0 Å². The number of thiophene rings is 1. The van der Waals surface area contributed by atoms with Crippen molar-refractivity contribution in [3.8, 4) is 0 Å². The monoisotopic (exact) mass is 312 g/mol. The highest BCUT2D eigenvalue weighted by Crippen LogP contribution is 2.26. The van der Waals surface area contributed by atoms with E-state index in [9.17, 15) is 9.90 Å². The fraction of sp³-hybridized carbons (Fsp3) is 0.176. The van der Waals surface area contributed by atoms with Gasteiger partial charge in [0, 0.05) is 30.2 Å². The minimum atomic E-state index is -0.0586. The van der Waals surface area contributed by atoms with Crippen LogP contribution >= 0.6 is 11.3 Å². The Bertz CT molecular complexity index is 737. The van der Waals surface area contributed by atoms with Crippen molar-refractivity contribution in [2.45, 2.75) is 6.54 Å². The van der Waals surface area contributed by atoms with Gasteiger partial charge in [-0.05, 0) is 29.1 Å². The van der Waals surface area contributed by atoms with Crippen molar-refractivity contribution < 1.29 is 9.90 Å². The lowest BCUT2D eigenvalue weighted by Crippen LogP contribution is -2.32. The Morgan fingerprint density at radius 3 is 2.82 bits per heavy atom. The van der Waals surface area contributed by atoms with Gasteiger partial charge < -0.3 is 10.0 Å².